The van der Waals surface area contributed by atoms with Crippen LogP contribution in [0.15, 0.2) is 146 Å². The average molecular weight is 825 g/mol. The Labute approximate surface area is 368 Å². The van der Waals surface area contributed by atoms with Gasteiger partial charge in [-0.1, -0.05) is 186 Å². The number of hydrogen-bond acceptors (Lipinski definition) is 5. The van der Waals surface area contributed by atoms with Gasteiger partial charge < -0.3 is 14.2 Å². The summed E-state index contributed by atoms with van der Waals surface area (Å²) in [6.45, 7) is 7.14. The Morgan fingerprint density at radius 2 is 0.733 bits per heavy atom. The fourth-order valence-corrected chi connectivity index (χ4v) is 5.54. The zero-order chi connectivity index (χ0) is 43.5. The van der Waals surface area contributed by atoms with Gasteiger partial charge in [-0.2, -0.15) is 0 Å². The number of carbonyl (C=O) groups is 2. The fraction of sp³-hybridized carbons (Fsp3) is 0.527. The minimum Gasteiger partial charge on any atom is -0.462 e. The van der Waals surface area contributed by atoms with Crippen molar-refractivity contribution in [1.82, 2.24) is 0 Å². The molecule has 0 amide bonds. The van der Waals surface area contributed by atoms with Crippen molar-refractivity contribution >= 4 is 11.9 Å². The number of unbranched alkanes of at least 4 members (excludes halogenated alkanes) is 5. The van der Waals surface area contributed by atoms with Crippen LogP contribution in [0.1, 0.15) is 162 Å². The van der Waals surface area contributed by atoms with Crippen molar-refractivity contribution < 1.29 is 23.8 Å². The second-order valence-corrected chi connectivity index (χ2v) is 14.5. The molecular formula is C55H84O5. The standard InChI is InChI=1S/C55H84O5/c1-4-7-10-13-16-19-22-25-27-29-32-35-38-41-44-47-50-58-51-53(60-55(57)49-46-43-40-37-34-30-24-21-18-15-12-9-6-3)52-59-54(56)48-45-42-39-36-33-31-28-26-23-20-17-14-11-8-5-2/h7-12,16-21,25-28,30,32,34-35,40-41,43-44,53H,4-6,13-15,22-24,29,31,33,36-39,42,45-52H2,1-3H3/b10-7-,11-8-,12-9-,19-16-,20-17-,21-18-,27-25-,28-26-,34-30-,35-32-,43-40-,44-41-. The molecule has 60 heavy (non-hydrogen) atoms. The lowest BCUT2D eigenvalue weighted by Gasteiger charge is -2.18. The van der Waals surface area contributed by atoms with E-state index in [1.54, 1.807) is 0 Å². The van der Waals surface area contributed by atoms with E-state index in [0.29, 0.717) is 19.4 Å². The molecule has 0 radical (unpaired) electrons. The minimum absolute atomic E-state index is 0.00712. The van der Waals surface area contributed by atoms with E-state index in [1.165, 1.54) is 6.42 Å². The summed E-state index contributed by atoms with van der Waals surface area (Å²) in [6.07, 6.45) is 71.7. The lowest BCUT2D eigenvalue weighted by Crippen LogP contribution is -2.30. The Hall–Kier alpha value is -4.22. The van der Waals surface area contributed by atoms with Crippen molar-refractivity contribution in [3.63, 3.8) is 0 Å². The van der Waals surface area contributed by atoms with Crippen LogP contribution >= 0.6 is 0 Å². The Bertz CT molecular complexity index is 1350. The van der Waals surface area contributed by atoms with Crippen molar-refractivity contribution in [1.29, 1.82) is 0 Å². The number of ether oxygens (including phenoxy) is 3. The second-order valence-electron chi connectivity index (χ2n) is 14.5. The van der Waals surface area contributed by atoms with Crippen molar-refractivity contribution in [2.24, 2.45) is 0 Å². The van der Waals surface area contributed by atoms with E-state index in [4.69, 9.17) is 14.2 Å². The molecular weight excluding hydrogens is 741 g/mol. The molecule has 0 heterocycles. The predicted molar refractivity (Wildman–Crippen MR) is 260 cm³/mol. The van der Waals surface area contributed by atoms with Crippen LogP contribution in [0.2, 0.25) is 0 Å². The SMILES string of the molecule is CC/C=C\C/C=C\C/C=C\C/C=C\C/C=C\CCOCC(COC(=O)CCCCCCC/C=C\C/C=C\C/C=C\CC)OC(=O)CC/C=C\C/C=C\C/C=C\C/C=C\CC. The van der Waals surface area contributed by atoms with Crippen LogP contribution in [-0.2, 0) is 23.8 Å². The highest BCUT2D eigenvalue weighted by molar-refractivity contribution is 5.70. The highest BCUT2D eigenvalue weighted by atomic mass is 16.6. The molecule has 1 unspecified atom stereocenters. The van der Waals surface area contributed by atoms with Gasteiger partial charge in [-0.05, 0) is 109 Å². The van der Waals surface area contributed by atoms with Gasteiger partial charge in [0.15, 0.2) is 6.10 Å². The van der Waals surface area contributed by atoms with Crippen LogP contribution < -0.4 is 0 Å². The number of hydrogen-bond donors (Lipinski definition) is 0. The molecule has 5 heteroatoms. The Kier molecular flexibility index (Phi) is 45.7. The van der Waals surface area contributed by atoms with E-state index in [1.807, 2.05) is 6.08 Å². The van der Waals surface area contributed by atoms with Gasteiger partial charge in [0.05, 0.1) is 13.2 Å². The van der Waals surface area contributed by atoms with Gasteiger partial charge in [0.25, 0.3) is 0 Å². The summed E-state index contributed by atoms with van der Waals surface area (Å²) in [7, 11) is 0. The van der Waals surface area contributed by atoms with Gasteiger partial charge in [0.1, 0.15) is 6.61 Å². The molecule has 5 nitrogen and oxygen atoms in total. The van der Waals surface area contributed by atoms with Crippen LogP contribution in [0.5, 0.6) is 0 Å². The predicted octanol–water partition coefficient (Wildman–Crippen LogP) is 15.8. The molecule has 0 aliphatic rings. The molecule has 0 aromatic heterocycles. The van der Waals surface area contributed by atoms with E-state index in [0.717, 1.165) is 116 Å². The van der Waals surface area contributed by atoms with Crippen molar-refractivity contribution in [3.05, 3.63) is 146 Å². The molecule has 0 spiro atoms. The number of carbonyl (C=O) groups excluding carboxylic acids is 2. The quantitative estimate of drug-likeness (QED) is 0.0350. The first-order valence-corrected chi connectivity index (χ1v) is 23.4. The van der Waals surface area contributed by atoms with Crippen LogP contribution in [-0.4, -0.2) is 37.9 Å². The summed E-state index contributed by atoms with van der Waals surface area (Å²) >= 11 is 0. The largest absolute Gasteiger partial charge is 0.462 e. The number of rotatable bonds is 40. The molecule has 0 aliphatic carbocycles. The lowest BCUT2D eigenvalue weighted by molar-refractivity contribution is -0.162. The highest BCUT2D eigenvalue weighted by Crippen LogP contribution is 2.10. The van der Waals surface area contributed by atoms with Gasteiger partial charge >= 0.3 is 11.9 Å². The first-order valence-electron chi connectivity index (χ1n) is 23.4. The van der Waals surface area contributed by atoms with E-state index in [2.05, 4.69) is 161 Å². The zero-order valence-electron chi connectivity index (χ0n) is 38.2. The van der Waals surface area contributed by atoms with E-state index in [-0.39, 0.29) is 31.6 Å². The minimum atomic E-state index is -0.631. The molecule has 0 bridgehead atoms. The maximum atomic E-state index is 12.7. The monoisotopic (exact) mass is 825 g/mol. The molecule has 334 valence electrons. The summed E-state index contributed by atoms with van der Waals surface area (Å²) in [5, 5.41) is 0. The lowest BCUT2D eigenvalue weighted by atomic mass is 10.1. The summed E-state index contributed by atoms with van der Waals surface area (Å²) < 4.78 is 17.1. The fourth-order valence-electron chi connectivity index (χ4n) is 5.54. The molecule has 0 saturated carbocycles. The molecule has 0 fully saturated rings. The third-order valence-corrected chi connectivity index (χ3v) is 8.88. The van der Waals surface area contributed by atoms with Crippen LogP contribution in [0.25, 0.3) is 0 Å². The van der Waals surface area contributed by atoms with E-state index in [9.17, 15) is 9.59 Å². The van der Waals surface area contributed by atoms with Crippen molar-refractivity contribution in [2.45, 2.75) is 168 Å². The molecule has 0 rings (SSSR count). The van der Waals surface area contributed by atoms with Crippen molar-refractivity contribution in [3.8, 4) is 0 Å². The maximum Gasteiger partial charge on any atom is 0.306 e. The molecule has 0 saturated heterocycles. The summed E-state index contributed by atoms with van der Waals surface area (Å²) in [6, 6.07) is 0. The molecule has 0 N–H and O–H groups in total. The maximum absolute atomic E-state index is 12.7. The van der Waals surface area contributed by atoms with Gasteiger partial charge in [0, 0.05) is 12.8 Å². The van der Waals surface area contributed by atoms with Crippen LogP contribution in [0.4, 0.5) is 0 Å². The Morgan fingerprint density at radius 1 is 0.367 bits per heavy atom. The van der Waals surface area contributed by atoms with Crippen LogP contribution in [0, 0.1) is 0 Å². The van der Waals surface area contributed by atoms with E-state index < -0.39 is 6.10 Å². The Morgan fingerprint density at radius 3 is 1.18 bits per heavy atom. The van der Waals surface area contributed by atoms with Crippen molar-refractivity contribution in [2.75, 3.05) is 19.8 Å². The average Bonchev–Trinajstić information content (AvgIpc) is 3.25. The molecule has 1 atom stereocenters. The van der Waals surface area contributed by atoms with E-state index >= 15 is 0 Å². The Balaban J connectivity index is 4.54. The summed E-state index contributed by atoms with van der Waals surface area (Å²) in [5.41, 5.74) is 0. The summed E-state index contributed by atoms with van der Waals surface area (Å²) in [4.78, 5) is 25.3. The topological polar surface area (TPSA) is 61.8 Å². The van der Waals surface area contributed by atoms with Gasteiger partial charge in [-0.15, -0.1) is 0 Å². The summed E-state index contributed by atoms with van der Waals surface area (Å²) in [5.74, 6) is -0.568. The second kappa shape index (κ2) is 49.1. The number of allylic oxidation sites excluding steroid dienone is 23. The van der Waals surface area contributed by atoms with Gasteiger partial charge in [-0.3, -0.25) is 9.59 Å². The third-order valence-electron chi connectivity index (χ3n) is 8.88. The molecule has 0 aliphatic heterocycles. The highest BCUT2D eigenvalue weighted by Gasteiger charge is 2.17. The normalized spacial score (nSPS) is 13.6. The third kappa shape index (κ3) is 46.5. The first kappa shape index (κ1) is 55.8. The molecule has 0 aromatic carbocycles. The number of esters is 2. The van der Waals surface area contributed by atoms with Crippen LogP contribution in [0.3, 0.4) is 0 Å². The zero-order valence-corrected chi connectivity index (χ0v) is 38.2. The first-order chi connectivity index (χ1) is 29.6. The van der Waals surface area contributed by atoms with Gasteiger partial charge in [-0.25, -0.2) is 0 Å². The van der Waals surface area contributed by atoms with Gasteiger partial charge in [0.2, 0.25) is 0 Å². The molecule has 0 aromatic rings. The smallest absolute Gasteiger partial charge is 0.306 e.